The number of nitrogens with one attached hydrogen (secondary N) is 1. The Balaban J connectivity index is 0.00000208. The van der Waals surface area contributed by atoms with Crippen LogP contribution in [0.2, 0.25) is 0 Å². The lowest BCUT2D eigenvalue weighted by Gasteiger charge is -2.39. The van der Waals surface area contributed by atoms with Crippen molar-refractivity contribution in [3.8, 4) is 0 Å². The number of ether oxygens (including phenoxy) is 1. The van der Waals surface area contributed by atoms with Crippen LogP contribution in [-0.4, -0.2) is 68.7 Å². The maximum Gasteiger partial charge on any atom is 0.232 e. The van der Waals surface area contributed by atoms with Gasteiger partial charge >= 0.3 is 0 Å². The molecule has 0 bridgehead atoms. The number of hydrogen-bond acceptors (Lipinski definition) is 4. The van der Waals surface area contributed by atoms with Crippen LogP contribution in [0.5, 0.6) is 0 Å². The molecule has 1 atom stereocenters. The van der Waals surface area contributed by atoms with Crippen LogP contribution < -0.4 is 5.32 Å². The van der Waals surface area contributed by atoms with E-state index in [9.17, 15) is 4.79 Å². The first-order chi connectivity index (χ1) is 11.2. The van der Waals surface area contributed by atoms with Crippen LogP contribution in [0.25, 0.3) is 0 Å². The zero-order chi connectivity index (χ0) is 16.1. The second kappa shape index (κ2) is 8.81. The third kappa shape index (κ3) is 4.28. The number of nitrogens with zero attached hydrogens (tertiary/aromatic N) is 2. The van der Waals surface area contributed by atoms with E-state index in [4.69, 9.17) is 4.74 Å². The Bertz CT molecular complexity index is 512. The molecule has 2 heterocycles. The molecule has 0 aliphatic carbocycles. The van der Waals surface area contributed by atoms with Crippen molar-refractivity contribution in [3.05, 3.63) is 35.9 Å². The topological polar surface area (TPSA) is 44.8 Å². The smallest absolute Gasteiger partial charge is 0.232 e. The van der Waals surface area contributed by atoms with Gasteiger partial charge in [-0.05, 0) is 18.5 Å². The van der Waals surface area contributed by atoms with E-state index in [0.29, 0.717) is 6.61 Å². The Labute approximate surface area is 150 Å². The number of methoxy groups -OCH3 is 1. The van der Waals surface area contributed by atoms with Crippen LogP contribution in [0.4, 0.5) is 0 Å². The second-order valence-electron chi connectivity index (χ2n) is 6.69. The molecule has 3 rings (SSSR count). The van der Waals surface area contributed by atoms with E-state index >= 15 is 0 Å². The summed E-state index contributed by atoms with van der Waals surface area (Å²) in [5, 5.41) is 3.32. The highest BCUT2D eigenvalue weighted by atomic mass is 35.5. The summed E-state index contributed by atoms with van der Waals surface area (Å²) < 4.78 is 5.34. The number of rotatable bonds is 5. The van der Waals surface area contributed by atoms with E-state index in [1.807, 2.05) is 11.0 Å². The lowest BCUT2D eigenvalue weighted by Crippen LogP contribution is -2.54. The van der Waals surface area contributed by atoms with E-state index in [2.05, 4.69) is 34.5 Å². The fraction of sp³-hybridized carbons (Fsp3) is 0.611. The number of benzene rings is 1. The van der Waals surface area contributed by atoms with E-state index < -0.39 is 0 Å². The molecule has 2 saturated heterocycles. The molecule has 1 N–H and O–H groups in total. The molecule has 2 aliphatic heterocycles. The van der Waals surface area contributed by atoms with Crippen LogP contribution in [0.15, 0.2) is 30.3 Å². The minimum absolute atomic E-state index is 0. The van der Waals surface area contributed by atoms with Crippen LogP contribution in [0, 0.1) is 5.41 Å². The number of piperazine rings is 1. The molecule has 1 amide bonds. The van der Waals surface area contributed by atoms with Gasteiger partial charge in [-0.1, -0.05) is 30.3 Å². The molecule has 0 aromatic heterocycles. The summed E-state index contributed by atoms with van der Waals surface area (Å²) in [5.41, 5.74) is 0.985. The Kier molecular flexibility index (Phi) is 7.04. The predicted molar refractivity (Wildman–Crippen MR) is 97.3 cm³/mol. The van der Waals surface area contributed by atoms with Crippen LogP contribution in [0.1, 0.15) is 12.0 Å². The molecule has 24 heavy (non-hydrogen) atoms. The van der Waals surface area contributed by atoms with Crippen LogP contribution in [0.3, 0.4) is 0 Å². The van der Waals surface area contributed by atoms with Gasteiger partial charge in [0.2, 0.25) is 5.91 Å². The van der Waals surface area contributed by atoms with Gasteiger partial charge in [0.15, 0.2) is 0 Å². The SMILES string of the molecule is COCC1(C(=O)N2CCN(Cc3ccccc3)CC2)CCNC1.Cl. The van der Waals surface area contributed by atoms with E-state index in [1.54, 1.807) is 7.11 Å². The van der Waals surface area contributed by atoms with E-state index in [-0.39, 0.29) is 23.7 Å². The summed E-state index contributed by atoms with van der Waals surface area (Å²) in [6.45, 7) is 6.65. The quantitative estimate of drug-likeness (QED) is 0.868. The normalized spacial score (nSPS) is 24.6. The van der Waals surface area contributed by atoms with Crippen molar-refractivity contribution < 1.29 is 9.53 Å². The van der Waals surface area contributed by atoms with Crippen molar-refractivity contribution in [1.82, 2.24) is 15.1 Å². The fourth-order valence-electron chi connectivity index (χ4n) is 3.67. The molecule has 1 aromatic rings. The molecule has 1 aromatic carbocycles. The lowest BCUT2D eigenvalue weighted by atomic mass is 9.86. The molecule has 2 aliphatic rings. The predicted octanol–water partition coefficient (Wildman–Crippen LogP) is 1.38. The summed E-state index contributed by atoms with van der Waals surface area (Å²) >= 11 is 0. The van der Waals surface area contributed by atoms with Crippen LogP contribution in [-0.2, 0) is 16.1 Å². The van der Waals surface area contributed by atoms with Gasteiger partial charge in [-0.3, -0.25) is 9.69 Å². The molecule has 0 saturated carbocycles. The van der Waals surface area contributed by atoms with E-state index in [0.717, 1.165) is 52.2 Å². The molecule has 1 unspecified atom stereocenters. The maximum absolute atomic E-state index is 13.0. The minimum atomic E-state index is -0.351. The zero-order valence-electron chi connectivity index (χ0n) is 14.4. The Morgan fingerprint density at radius 2 is 1.92 bits per heavy atom. The Morgan fingerprint density at radius 1 is 1.21 bits per heavy atom. The summed E-state index contributed by atoms with van der Waals surface area (Å²) in [4.78, 5) is 17.4. The van der Waals surface area contributed by atoms with Gasteiger partial charge < -0.3 is 15.0 Å². The van der Waals surface area contributed by atoms with Crippen molar-refractivity contribution in [2.45, 2.75) is 13.0 Å². The molecule has 0 spiro atoms. The van der Waals surface area contributed by atoms with Gasteiger partial charge in [-0.2, -0.15) is 0 Å². The number of carbonyl (C=O) groups excluding carboxylic acids is 1. The van der Waals surface area contributed by atoms with Crippen molar-refractivity contribution >= 4 is 18.3 Å². The van der Waals surface area contributed by atoms with Gasteiger partial charge in [0.25, 0.3) is 0 Å². The Hall–Kier alpha value is -1.14. The number of hydrogen-bond donors (Lipinski definition) is 1. The van der Waals surface area contributed by atoms with Crippen molar-refractivity contribution in [2.75, 3.05) is 53.0 Å². The average Bonchev–Trinajstić information content (AvgIpc) is 3.06. The maximum atomic E-state index is 13.0. The van der Waals surface area contributed by atoms with Gasteiger partial charge in [0, 0.05) is 46.4 Å². The molecular weight excluding hydrogens is 326 g/mol. The third-order valence-electron chi connectivity index (χ3n) is 5.03. The van der Waals surface area contributed by atoms with Gasteiger partial charge in [-0.15, -0.1) is 12.4 Å². The van der Waals surface area contributed by atoms with Crippen LogP contribution >= 0.6 is 12.4 Å². The zero-order valence-corrected chi connectivity index (χ0v) is 15.2. The monoisotopic (exact) mass is 353 g/mol. The summed E-state index contributed by atoms with van der Waals surface area (Å²) in [7, 11) is 1.69. The summed E-state index contributed by atoms with van der Waals surface area (Å²) in [6.07, 6.45) is 0.879. The van der Waals surface area contributed by atoms with Crippen molar-refractivity contribution in [2.24, 2.45) is 5.41 Å². The third-order valence-corrected chi connectivity index (χ3v) is 5.03. The minimum Gasteiger partial charge on any atom is -0.384 e. The standard InChI is InChI=1S/C18H27N3O2.ClH/c1-23-15-18(7-8-19-14-18)17(22)21-11-9-20(10-12-21)13-16-5-3-2-4-6-16;/h2-6,19H,7-15H2,1H3;1H. The molecular formula is C18H28ClN3O2. The van der Waals surface area contributed by atoms with Crippen molar-refractivity contribution in [3.63, 3.8) is 0 Å². The highest BCUT2D eigenvalue weighted by molar-refractivity contribution is 5.85. The number of carbonyl (C=O) groups is 1. The summed E-state index contributed by atoms with van der Waals surface area (Å²) in [6, 6.07) is 10.5. The first-order valence-corrected chi connectivity index (χ1v) is 8.49. The fourth-order valence-corrected chi connectivity index (χ4v) is 3.67. The molecule has 6 heteroatoms. The van der Waals surface area contributed by atoms with Gasteiger partial charge in [0.1, 0.15) is 0 Å². The largest absolute Gasteiger partial charge is 0.384 e. The number of halogens is 1. The second-order valence-corrected chi connectivity index (χ2v) is 6.69. The Morgan fingerprint density at radius 3 is 2.50 bits per heavy atom. The lowest BCUT2D eigenvalue weighted by molar-refractivity contribution is -0.146. The molecule has 2 fully saturated rings. The average molecular weight is 354 g/mol. The van der Waals surface area contributed by atoms with Gasteiger partial charge in [0.05, 0.1) is 12.0 Å². The highest BCUT2D eigenvalue weighted by Gasteiger charge is 2.44. The van der Waals surface area contributed by atoms with Gasteiger partial charge in [-0.25, -0.2) is 0 Å². The highest BCUT2D eigenvalue weighted by Crippen LogP contribution is 2.29. The first-order valence-electron chi connectivity index (χ1n) is 8.49. The van der Waals surface area contributed by atoms with E-state index in [1.165, 1.54) is 5.56 Å². The summed E-state index contributed by atoms with van der Waals surface area (Å²) in [5.74, 6) is 0.267. The molecule has 5 nitrogen and oxygen atoms in total. The van der Waals surface area contributed by atoms with Crippen molar-refractivity contribution in [1.29, 1.82) is 0 Å². The first kappa shape index (κ1) is 19.2. The molecule has 0 radical (unpaired) electrons. The number of amides is 1. The molecule has 134 valence electrons.